The summed E-state index contributed by atoms with van der Waals surface area (Å²) in [6.45, 7) is 2.87. The molecule has 120 valence electrons. The molecule has 0 aliphatic carbocycles. The smallest absolute Gasteiger partial charge is 0.218 e. The summed E-state index contributed by atoms with van der Waals surface area (Å²) < 4.78 is 5.45. The number of carbonyl (C=O) groups is 1. The van der Waals surface area contributed by atoms with Gasteiger partial charge < -0.3 is 9.64 Å². The first kappa shape index (κ1) is 15.5. The molecule has 0 bridgehead atoms. The molecule has 4 heteroatoms. The van der Waals surface area contributed by atoms with Crippen LogP contribution in [-0.2, 0) is 4.79 Å². The number of amides is 1. The van der Waals surface area contributed by atoms with E-state index >= 15 is 0 Å². The van der Waals surface area contributed by atoms with E-state index in [4.69, 9.17) is 4.74 Å². The summed E-state index contributed by atoms with van der Waals surface area (Å²) in [4.78, 5) is 17.9. The molecule has 1 aromatic carbocycles. The number of methoxy groups -OCH3 is 1. The van der Waals surface area contributed by atoms with Gasteiger partial charge in [-0.3, -0.25) is 4.79 Å². The number of ether oxygens (including phenoxy) is 1. The van der Waals surface area contributed by atoms with Gasteiger partial charge in [-0.05, 0) is 37.5 Å². The summed E-state index contributed by atoms with van der Waals surface area (Å²) in [5.41, 5.74) is 3.49. The van der Waals surface area contributed by atoms with Crippen LogP contribution in [-0.4, -0.2) is 29.9 Å². The van der Waals surface area contributed by atoms with Gasteiger partial charge in [0.25, 0.3) is 0 Å². The van der Waals surface area contributed by atoms with Crippen LogP contribution in [0.5, 0.6) is 5.88 Å². The third-order valence-corrected chi connectivity index (χ3v) is 4.59. The highest BCUT2D eigenvalue weighted by Gasteiger charge is 2.35. The molecule has 23 heavy (non-hydrogen) atoms. The Hall–Kier alpha value is -2.36. The molecule has 1 amide bonds. The van der Waals surface area contributed by atoms with E-state index in [9.17, 15) is 4.79 Å². The summed E-state index contributed by atoms with van der Waals surface area (Å²) in [7, 11) is 1.63. The van der Waals surface area contributed by atoms with Crippen molar-refractivity contribution >= 4 is 6.41 Å². The van der Waals surface area contributed by atoms with Crippen molar-refractivity contribution in [2.45, 2.75) is 31.7 Å². The minimum absolute atomic E-state index is 0.0355. The lowest BCUT2D eigenvalue weighted by molar-refractivity contribution is -0.122. The van der Waals surface area contributed by atoms with E-state index in [1.807, 2.05) is 17.0 Å². The second-order valence-electron chi connectivity index (χ2n) is 6.05. The van der Waals surface area contributed by atoms with E-state index in [0.717, 1.165) is 31.4 Å². The molecule has 0 spiro atoms. The highest BCUT2D eigenvalue weighted by Crippen LogP contribution is 2.44. The van der Waals surface area contributed by atoms with Crippen molar-refractivity contribution in [3.8, 4) is 5.88 Å². The third kappa shape index (κ3) is 3.07. The molecule has 3 rings (SSSR count). The standard InChI is InChI=1S/C19H22N2O2/c1-14-6-3-7-15(12-14)16-9-5-11-21(13-22)18(16)17-8-4-10-20-19(17)23-2/h3-4,6-8,10,12-13,16,18H,5,9,11H2,1-2H3. The van der Waals surface area contributed by atoms with E-state index in [-0.39, 0.29) is 12.0 Å². The van der Waals surface area contributed by atoms with Gasteiger partial charge in [-0.2, -0.15) is 0 Å². The van der Waals surface area contributed by atoms with Gasteiger partial charge in [-0.25, -0.2) is 4.98 Å². The number of benzene rings is 1. The normalized spacial score (nSPS) is 21.0. The maximum Gasteiger partial charge on any atom is 0.218 e. The van der Waals surface area contributed by atoms with Crippen molar-refractivity contribution in [2.24, 2.45) is 0 Å². The molecule has 0 saturated carbocycles. The predicted molar refractivity (Wildman–Crippen MR) is 89.5 cm³/mol. The molecule has 4 nitrogen and oxygen atoms in total. The Labute approximate surface area is 137 Å². The van der Waals surface area contributed by atoms with Crippen LogP contribution in [0.1, 0.15) is 41.5 Å². The van der Waals surface area contributed by atoms with Crippen LogP contribution >= 0.6 is 0 Å². The zero-order valence-electron chi connectivity index (χ0n) is 13.6. The summed E-state index contributed by atoms with van der Waals surface area (Å²) >= 11 is 0. The van der Waals surface area contributed by atoms with Crippen molar-refractivity contribution in [3.05, 3.63) is 59.3 Å². The van der Waals surface area contributed by atoms with Crippen molar-refractivity contribution in [1.29, 1.82) is 0 Å². The SMILES string of the molecule is COc1ncccc1C1C(c2cccc(C)c2)CCCN1C=O. The van der Waals surface area contributed by atoms with Crippen LogP contribution < -0.4 is 4.74 Å². The highest BCUT2D eigenvalue weighted by molar-refractivity contribution is 5.51. The molecule has 2 unspecified atom stereocenters. The average Bonchev–Trinajstić information content (AvgIpc) is 2.61. The van der Waals surface area contributed by atoms with Gasteiger partial charge in [0, 0.05) is 24.2 Å². The number of pyridine rings is 1. The van der Waals surface area contributed by atoms with Crippen LogP contribution in [0.2, 0.25) is 0 Å². The van der Waals surface area contributed by atoms with Gasteiger partial charge in [0.15, 0.2) is 0 Å². The number of aromatic nitrogens is 1. The molecular weight excluding hydrogens is 288 g/mol. The maximum absolute atomic E-state index is 11.7. The molecule has 1 aliphatic heterocycles. The Morgan fingerprint density at radius 2 is 2.17 bits per heavy atom. The van der Waals surface area contributed by atoms with Crippen LogP contribution in [0.3, 0.4) is 0 Å². The summed E-state index contributed by atoms with van der Waals surface area (Å²) in [5.74, 6) is 0.857. The topological polar surface area (TPSA) is 42.4 Å². The first-order chi connectivity index (χ1) is 11.2. The minimum Gasteiger partial charge on any atom is -0.481 e. The Morgan fingerprint density at radius 3 is 2.91 bits per heavy atom. The molecule has 1 saturated heterocycles. The zero-order valence-corrected chi connectivity index (χ0v) is 13.6. The van der Waals surface area contributed by atoms with E-state index in [2.05, 4.69) is 36.2 Å². The number of carbonyl (C=O) groups excluding carboxylic acids is 1. The van der Waals surface area contributed by atoms with Gasteiger partial charge >= 0.3 is 0 Å². The van der Waals surface area contributed by atoms with E-state index < -0.39 is 0 Å². The van der Waals surface area contributed by atoms with Crippen LogP contribution in [0, 0.1) is 6.92 Å². The Balaban J connectivity index is 2.07. The first-order valence-electron chi connectivity index (χ1n) is 8.01. The third-order valence-electron chi connectivity index (χ3n) is 4.59. The van der Waals surface area contributed by atoms with E-state index in [1.165, 1.54) is 11.1 Å². The van der Waals surface area contributed by atoms with Gasteiger partial charge in [-0.15, -0.1) is 0 Å². The van der Waals surface area contributed by atoms with Crippen molar-refractivity contribution in [1.82, 2.24) is 9.88 Å². The predicted octanol–water partition coefficient (Wildman–Crippen LogP) is 3.48. The number of aryl methyl sites for hydroxylation is 1. The quantitative estimate of drug-likeness (QED) is 0.812. The average molecular weight is 310 g/mol. The van der Waals surface area contributed by atoms with Crippen LogP contribution in [0.15, 0.2) is 42.6 Å². The van der Waals surface area contributed by atoms with Gasteiger partial charge in [0.2, 0.25) is 12.3 Å². The lowest BCUT2D eigenvalue weighted by Gasteiger charge is -2.40. The number of likely N-dealkylation sites (tertiary alicyclic amines) is 1. The summed E-state index contributed by atoms with van der Waals surface area (Å²) in [5, 5.41) is 0. The second kappa shape index (κ2) is 6.82. The molecule has 2 heterocycles. The van der Waals surface area contributed by atoms with Gasteiger partial charge in [0.05, 0.1) is 13.2 Å². The Bertz CT molecular complexity index is 687. The summed E-state index contributed by atoms with van der Waals surface area (Å²) in [6, 6.07) is 12.4. The number of rotatable bonds is 4. The fourth-order valence-electron chi connectivity index (χ4n) is 3.58. The molecule has 1 fully saturated rings. The molecule has 0 radical (unpaired) electrons. The molecule has 1 aliphatic rings. The number of piperidine rings is 1. The molecule has 2 atom stereocenters. The van der Waals surface area contributed by atoms with Gasteiger partial charge in [0.1, 0.15) is 0 Å². The lowest BCUT2D eigenvalue weighted by atomic mass is 9.80. The van der Waals surface area contributed by atoms with E-state index in [1.54, 1.807) is 13.3 Å². The maximum atomic E-state index is 11.7. The number of hydrogen-bond acceptors (Lipinski definition) is 3. The number of nitrogens with zero attached hydrogens (tertiary/aromatic N) is 2. The second-order valence-corrected chi connectivity index (χ2v) is 6.05. The lowest BCUT2D eigenvalue weighted by Crippen LogP contribution is -2.37. The zero-order chi connectivity index (χ0) is 16.2. The van der Waals surface area contributed by atoms with Crippen molar-refractivity contribution < 1.29 is 9.53 Å². The van der Waals surface area contributed by atoms with Crippen molar-refractivity contribution in [3.63, 3.8) is 0 Å². The summed E-state index contributed by atoms with van der Waals surface area (Å²) in [6.07, 6.45) is 4.74. The van der Waals surface area contributed by atoms with Crippen molar-refractivity contribution in [2.75, 3.05) is 13.7 Å². The fourth-order valence-corrected chi connectivity index (χ4v) is 3.58. The molecular formula is C19H22N2O2. The van der Waals surface area contributed by atoms with Crippen LogP contribution in [0.25, 0.3) is 0 Å². The Morgan fingerprint density at radius 1 is 1.30 bits per heavy atom. The monoisotopic (exact) mass is 310 g/mol. The van der Waals surface area contributed by atoms with E-state index in [0.29, 0.717) is 5.88 Å². The minimum atomic E-state index is -0.0355. The van der Waals surface area contributed by atoms with Gasteiger partial charge in [-0.1, -0.05) is 29.8 Å². The molecule has 2 aromatic rings. The Kier molecular flexibility index (Phi) is 4.60. The molecule has 0 N–H and O–H groups in total. The highest BCUT2D eigenvalue weighted by atomic mass is 16.5. The largest absolute Gasteiger partial charge is 0.481 e. The fraction of sp³-hybridized carbons (Fsp3) is 0.368. The van der Waals surface area contributed by atoms with Crippen LogP contribution in [0.4, 0.5) is 0 Å². The first-order valence-corrected chi connectivity index (χ1v) is 8.01. The number of hydrogen-bond donors (Lipinski definition) is 0. The molecule has 1 aromatic heterocycles.